The van der Waals surface area contributed by atoms with Gasteiger partial charge in [0.25, 0.3) is 5.91 Å². The number of hydrogen-bond acceptors (Lipinski definition) is 4. The van der Waals surface area contributed by atoms with Crippen LogP contribution < -0.4 is 10.5 Å². The van der Waals surface area contributed by atoms with Crippen LogP contribution in [0.3, 0.4) is 0 Å². The molecular weight excluding hydrogens is 387 g/mol. The van der Waals surface area contributed by atoms with Crippen molar-refractivity contribution in [2.45, 2.75) is 16.2 Å². The van der Waals surface area contributed by atoms with Gasteiger partial charge in [-0.15, -0.1) is 11.8 Å². The standard InChI is InChI=1S/C16H16ClFN2O3S2/c17-14-7-2-11(10-15(14)25(19,22)23)16(21)20-8-1-9-24-13-5-3-12(18)4-6-13/h2-7,10H,1,8-9H2,(H,20,21)(H2,19,22,23). The van der Waals surface area contributed by atoms with Crippen LogP contribution in [0.4, 0.5) is 4.39 Å². The summed E-state index contributed by atoms with van der Waals surface area (Å²) in [6.45, 7) is 0.417. The SMILES string of the molecule is NS(=O)(=O)c1cc(C(=O)NCCCSc2ccc(F)cc2)ccc1Cl. The molecule has 0 bridgehead atoms. The number of sulfonamides is 1. The molecular formula is C16H16ClFN2O3S2. The molecule has 3 N–H and O–H groups in total. The molecule has 0 spiro atoms. The second-order valence-corrected chi connectivity index (χ2v) is 8.21. The van der Waals surface area contributed by atoms with Crippen molar-refractivity contribution in [2.24, 2.45) is 5.14 Å². The molecule has 134 valence electrons. The van der Waals surface area contributed by atoms with Crippen molar-refractivity contribution in [1.29, 1.82) is 0 Å². The molecule has 1 amide bonds. The molecule has 0 atom stereocenters. The molecule has 0 heterocycles. The minimum absolute atomic E-state index is 0.0326. The summed E-state index contributed by atoms with van der Waals surface area (Å²) >= 11 is 7.34. The fourth-order valence-corrected chi connectivity index (χ4v) is 3.88. The van der Waals surface area contributed by atoms with Crippen molar-refractivity contribution in [3.05, 3.63) is 58.9 Å². The van der Waals surface area contributed by atoms with Crippen molar-refractivity contribution in [1.82, 2.24) is 5.32 Å². The Bertz CT molecular complexity index is 858. The maximum atomic E-state index is 12.8. The molecule has 5 nitrogen and oxygen atoms in total. The second-order valence-electron chi connectivity index (χ2n) is 5.10. The van der Waals surface area contributed by atoms with Gasteiger partial charge in [0.05, 0.1) is 5.02 Å². The number of carbonyl (C=O) groups excluding carboxylic acids is 1. The summed E-state index contributed by atoms with van der Waals surface area (Å²) in [5, 5.41) is 7.73. The summed E-state index contributed by atoms with van der Waals surface area (Å²) in [6, 6.07) is 10.1. The van der Waals surface area contributed by atoms with Gasteiger partial charge in [0.2, 0.25) is 10.0 Å². The third-order valence-electron chi connectivity index (χ3n) is 3.19. The zero-order valence-corrected chi connectivity index (χ0v) is 15.4. The minimum atomic E-state index is -3.99. The Labute approximate surface area is 154 Å². The molecule has 0 aliphatic heterocycles. The number of carbonyl (C=O) groups is 1. The average molecular weight is 403 g/mol. The summed E-state index contributed by atoms with van der Waals surface area (Å²) in [4.78, 5) is 12.7. The Morgan fingerprint density at radius 1 is 1.20 bits per heavy atom. The lowest BCUT2D eigenvalue weighted by atomic mass is 10.2. The van der Waals surface area contributed by atoms with Gasteiger partial charge in [-0.05, 0) is 54.6 Å². The van der Waals surface area contributed by atoms with Crippen LogP contribution in [0.5, 0.6) is 0 Å². The quantitative estimate of drug-likeness (QED) is 0.550. The van der Waals surface area contributed by atoms with Crippen LogP contribution in [0, 0.1) is 5.82 Å². The summed E-state index contributed by atoms with van der Waals surface area (Å²) in [7, 11) is -3.99. The molecule has 0 saturated carbocycles. The van der Waals surface area contributed by atoms with E-state index in [0.717, 1.165) is 16.7 Å². The molecule has 0 saturated heterocycles. The first-order valence-electron chi connectivity index (χ1n) is 7.26. The van der Waals surface area contributed by atoms with E-state index >= 15 is 0 Å². The average Bonchev–Trinajstić information content (AvgIpc) is 2.55. The zero-order chi connectivity index (χ0) is 18.4. The molecule has 0 aliphatic carbocycles. The Morgan fingerprint density at radius 3 is 2.52 bits per heavy atom. The molecule has 25 heavy (non-hydrogen) atoms. The third kappa shape index (κ3) is 6.00. The Balaban J connectivity index is 1.83. The van der Waals surface area contributed by atoms with E-state index in [0.29, 0.717) is 13.0 Å². The lowest BCUT2D eigenvalue weighted by molar-refractivity contribution is 0.0953. The van der Waals surface area contributed by atoms with Gasteiger partial charge < -0.3 is 5.32 Å². The molecule has 0 unspecified atom stereocenters. The highest BCUT2D eigenvalue weighted by molar-refractivity contribution is 7.99. The summed E-state index contributed by atoms with van der Waals surface area (Å²) in [5.41, 5.74) is 0.166. The van der Waals surface area contributed by atoms with Crippen LogP contribution in [0.1, 0.15) is 16.8 Å². The summed E-state index contributed by atoms with van der Waals surface area (Å²) < 4.78 is 35.6. The Morgan fingerprint density at radius 2 is 1.88 bits per heavy atom. The van der Waals surface area contributed by atoms with Crippen LogP contribution in [-0.4, -0.2) is 26.6 Å². The van der Waals surface area contributed by atoms with E-state index in [2.05, 4.69) is 5.32 Å². The van der Waals surface area contributed by atoms with Gasteiger partial charge in [-0.25, -0.2) is 17.9 Å². The van der Waals surface area contributed by atoms with Gasteiger partial charge >= 0.3 is 0 Å². The first-order valence-corrected chi connectivity index (χ1v) is 10.2. The van der Waals surface area contributed by atoms with Crippen molar-refractivity contribution in [3.8, 4) is 0 Å². The van der Waals surface area contributed by atoms with E-state index in [4.69, 9.17) is 16.7 Å². The molecule has 0 aliphatic rings. The van der Waals surface area contributed by atoms with Crippen LogP contribution in [0.2, 0.25) is 5.02 Å². The summed E-state index contributed by atoms with van der Waals surface area (Å²) in [5.74, 6) is 0.0568. The Kier molecular flexibility index (Phi) is 6.83. The van der Waals surface area contributed by atoms with E-state index in [-0.39, 0.29) is 21.3 Å². The predicted octanol–water partition coefficient (Wildman–Crippen LogP) is 3.04. The normalized spacial score (nSPS) is 11.3. The number of amides is 1. The maximum absolute atomic E-state index is 12.8. The third-order valence-corrected chi connectivity index (χ3v) is 5.68. The van der Waals surface area contributed by atoms with E-state index in [9.17, 15) is 17.6 Å². The number of nitrogens with one attached hydrogen (secondary N) is 1. The van der Waals surface area contributed by atoms with Crippen LogP contribution in [-0.2, 0) is 10.0 Å². The Hall–Kier alpha value is -1.61. The van der Waals surface area contributed by atoms with Crippen LogP contribution in [0.15, 0.2) is 52.3 Å². The summed E-state index contributed by atoms with van der Waals surface area (Å²) in [6.07, 6.45) is 0.698. The van der Waals surface area contributed by atoms with Crippen molar-refractivity contribution < 1.29 is 17.6 Å². The lowest BCUT2D eigenvalue weighted by Gasteiger charge is -2.08. The van der Waals surface area contributed by atoms with Gasteiger partial charge in [0, 0.05) is 17.0 Å². The van der Waals surface area contributed by atoms with Gasteiger partial charge in [-0.3, -0.25) is 4.79 Å². The fourth-order valence-electron chi connectivity index (χ4n) is 1.96. The van der Waals surface area contributed by atoms with Crippen molar-refractivity contribution >= 4 is 39.3 Å². The number of hydrogen-bond donors (Lipinski definition) is 2. The zero-order valence-electron chi connectivity index (χ0n) is 13.0. The van der Waals surface area contributed by atoms with Crippen molar-refractivity contribution in [2.75, 3.05) is 12.3 Å². The number of benzene rings is 2. The minimum Gasteiger partial charge on any atom is -0.352 e. The molecule has 9 heteroatoms. The van der Waals surface area contributed by atoms with Crippen LogP contribution in [0.25, 0.3) is 0 Å². The fraction of sp³-hybridized carbons (Fsp3) is 0.188. The van der Waals surface area contributed by atoms with E-state index in [1.807, 2.05) is 0 Å². The van der Waals surface area contributed by atoms with Gasteiger partial charge in [-0.1, -0.05) is 11.6 Å². The largest absolute Gasteiger partial charge is 0.352 e. The molecule has 2 aromatic rings. The molecule has 0 aromatic heterocycles. The number of nitrogens with two attached hydrogens (primary N) is 1. The van der Waals surface area contributed by atoms with E-state index in [1.54, 1.807) is 23.9 Å². The monoisotopic (exact) mass is 402 g/mol. The smallest absolute Gasteiger partial charge is 0.251 e. The number of primary sulfonamides is 1. The van der Waals surface area contributed by atoms with Gasteiger partial charge in [0.1, 0.15) is 10.7 Å². The first kappa shape index (κ1) is 19.7. The van der Waals surface area contributed by atoms with Crippen LogP contribution >= 0.6 is 23.4 Å². The maximum Gasteiger partial charge on any atom is 0.251 e. The van der Waals surface area contributed by atoms with E-state index in [1.165, 1.54) is 24.3 Å². The van der Waals surface area contributed by atoms with Gasteiger partial charge in [0.15, 0.2) is 0 Å². The molecule has 0 fully saturated rings. The molecule has 2 rings (SSSR count). The highest BCUT2D eigenvalue weighted by atomic mass is 35.5. The number of thioether (sulfide) groups is 1. The number of rotatable bonds is 7. The first-order chi connectivity index (χ1) is 11.8. The topological polar surface area (TPSA) is 89.3 Å². The molecule has 2 aromatic carbocycles. The number of halogens is 2. The molecule has 0 radical (unpaired) electrons. The van der Waals surface area contributed by atoms with Crippen molar-refractivity contribution in [3.63, 3.8) is 0 Å². The van der Waals surface area contributed by atoms with E-state index < -0.39 is 15.9 Å². The predicted molar refractivity (Wildman–Crippen MR) is 96.9 cm³/mol. The van der Waals surface area contributed by atoms with Gasteiger partial charge in [-0.2, -0.15) is 0 Å². The lowest BCUT2D eigenvalue weighted by Crippen LogP contribution is -2.25. The second kappa shape index (κ2) is 8.66. The highest BCUT2D eigenvalue weighted by Crippen LogP contribution is 2.21. The highest BCUT2D eigenvalue weighted by Gasteiger charge is 2.16.